The van der Waals surface area contributed by atoms with Gasteiger partial charge in [-0.2, -0.15) is 0 Å². The molecule has 3 amide bonds. The van der Waals surface area contributed by atoms with E-state index in [2.05, 4.69) is 10.3 Å². The van der Waals surface area contributed by atoms with E-state index in [-0.39, 0.29) is 11.4 Å². The smallest absolute Gasteiger partial charge is 0.317 e. The summed E-state index contributed by atoms with van der Waals surface area (Å²) < 4.78 is 0. The lowest BCUT2D eigenvalue weighted by molar-refractivity contribution is 0.100. The van der Waals surface area contributed by atoms with Gasteiger partial charge in [0, 0.05) is 10.9 Å². The molecule has 1 unspecified atom stereocenters. The van der Waals surface area contributed by atoms with Crippen molar-refractivity contribution in [2.75, 3.05) is 5.32 Å². The number of aromatic nitrogens is 1. The Labute approximate surface area is 114 Å². The quantitative estimate of drug-likeness (QED) is 0.562. The van der Waals surface area contributed by atoms with Crippen molar-refractivity contribution >= 4 is 28.7 Å². The van der Waals surface area contributed by atoms with Crippen LogP contribution in [0.2, 0.25) is 0 Å². The summed E-state index contributed by atoms with van der Waals surface area (Å²) >= 11 is 0. The Kier molecular flexibility index (Phi) is 3.62. The highest BCUT2D eigenvalue weighted by Crippen LogP contribution is 2.27. The second kappa shape index (κ2) is 5.22. The minimum absolute atomic E-state index is 0.175. The van der Waals surface area contributed by atoms with E-state index in [0.717, 1.165) is 5.56 Å². The average molecular weight is 276 g/mol. The van der Waals surface area contributed by atoms with Gasteiger partial charge in [-0.25, -0.2) is 4.79 Å². The molecular weight excluding hydrogens is 260 g/mol. The Hall–Kier alpha value is -2.54. The third-order valence-electron chi connectivity index (χ3n) is 2.89. The highest BCUT2D eigenvalue weighted by molar-refractivity contribution is 6.12. The lowest BCUT2D eigenvalue weighted by Crippen LogP contribution is -2.22. The maximum atomic E-state index is 11.5. The number of carbonyl (C=O) groups excluding carboxylic acids is 2. The van der Waals surface area contributed by atoms with E-state index < -0.39 is 18.0 Å². The van der Waals surface area contributed by atoms with Crippen molar-refractivity contribution in [1.82, 2.24) is 4.98 Å². The maximum absolute atomic E-state index is 11.5. The highest BCUT2D eigenvalue weighted by atomic mass is 16.3. The van der Waals surface area contributed by atoms with Crippen LogP contribution in [0.15, 0.2) is 18.2 Å². The van der Waals surface area contributed by atoms with Gasteiger partial charge in [0.15, 0.2) is 0 Å². The predicted octanol–water partition coefficient (Wildman–Crippen LogP) is 0.681. The number of H-pyrrole nitrogens is 1. The van der Waals surface area contributed by atoms with E-state index in [1.54, 1.807) is 25.1 Å². The van der Waals surface area contributed by atoms with E-state index in [4.69, 9.17) is 11.5 Å². The predicted molar refractivity (Wildman–Crippen MR) is 75.4 cm³/mol. The van der Waals surface area contributed by atoms with Gasteiger partial charge in [0.25, 0.3) is 5.91 Å². The summed E-state index contributed by atoms with van der Waals surface area (Å²) in [5, 5.41) is 12.3. The van der Waals surface area contributed by atoms with Crippen LogP contribution in [0.1, 0.15) is 22.8 Å². The monoisotopic (exact) mass is 276 g/mol. The van der Waals surface area contributed by atoms with Crippen LogP contribution in [-0.4, -0.2) is 28.1 Å². The molecule has 2 aromatic rings. The lowest BCUT2D eigenvalue weighted by Gasteiger charge is -2.04. The van der Waals surface area contributed by atoms with Gasteiger partial charge in [-0.1, -0.05) is 12.1 Å². The third-order valence-corrected chi connectivity index (χ3v) is 2.89. The van der Waals surface area contributed by atoms with Gasteiger partial charge in [-0.15, -0.1) is 0 Å². The Balaban J connectivity index is 2.54. The van der Waals surface area contributed by atoms with Crippen molar-refractivity contribution in [2.45, 2.75) is 19.4 Å². The molecule has 1 heterocycles. The fraction of sp³-hybridized carbons (Fsp3) is 0.231. The molecule has 2 rings (SSSR count). The number of aliphatic hydroxyl groups is 1. The van der Waals surface area contributed by atoms with E-state index in [1.165, 1.54) is 0 Å². The first kappa shape index (κ1) is 13.9. The summed E-state index contributed by atoms with van der Waals surface area (Å²) in [4.78, 5) is 25.3. The minimum atomic E-state index is -0.789. The number of hydrogen-bond acceptors (Lipinski definition) is 3. The fourth-order valence-corrected chi connectivity index (χ4v) is 2.19. The molecule has 0 aliphatic rings. The number of fused-ring (bicyclic) bond motifs is 1. The second-order valence-electron chi connectivity index (χ2n) is 4.66. The molecule has 106 valence electrons. The molecule has 1 aromatic heterocycles. The summed E-state index contributed by atoms with van der Waals surface area (Å²) in [6.45, 7) is 1.69. The molecule has 20 heavy (non-hydrogen) atoms. The number of primary amides is 2. The topological polar surface area (TPSA) is 134 Å². The Morgan fingerprint density at radius 1 is 1.40 bits per heavy atom. The van der Waals surface area contributed by atoms with E-state index in [1.807, 2.05) is 0 Å². The first-order chi connectivity index (χ1) is 9.38. The molecule has 0 radical (unpaired) electrons. The van der Waals surface area contributed by atoms with Gasteiger partial charge in [-0.3, -0.25) is 10.1 Å². The van der Waals surface area contributed by atoms with Gasteiger partial charge < -0.3 is 21.6 Å². The molecule has 1 aromatic carbocycles. The molecule has 7 nitrogen and oxygen atoms in total. The van der Waals surface area contributed by atoms with Crippen LogP contribution < -0.4 is 16.8 Å². The first-order valence-corrected chi connectivity index (χ1v) is 6.07. The average Bonchev–Trinajstić information content (AvgIpc) is 2.63. The van der Waals surface area contributed by atoms with Gasteiger partial charge in [0.2, 0.25) is 0 Å². The highest BCUT2D eigenvalue weighted by Gasteiger charge is 2.17. The van der Waals surface area contributed by atoms with Gasteiger partial charge in [0.1, 0.15) is 5.82 Å². The molecule has 0 saturated heterocycles. The zero-order valence-corrected chi connectivity index (χ0v) is 10.9. The van der Waals surface area contributed by atoms with Gasteiger partial charge in [0.05, 0.1) is 11.7 Å². The first-order valence-electron chi connectivity index (χ1n) is 6.07. The maximum Gasteiger partial charge on any atom is 0.317 e. The minimum Gasteiger partial charge on any atom is -0.393 e. The van der Waals surface area contributed by atoms with Crippen LogP contribution in [0.25, 0.3) is 10.9 Å². The number of amides is 3. The summed E-state index contributed by atoms with van der Waals surface area (Å²) in [6, 6.07) is 4.52. The summed E-state index contributed by atoms with van der Waals surface area (Å²) in [6.07, 6.45) is 0.0145. The number of rotatable bonds is 4. The van der Waals surface area contributed by atoms with Crippen LogP contribution in [0.4, 0.5) is 10.6 Å². The molecule has 1 atom stereocenters. The normalized spacial score (nSPS) is 12.3. The summed E-state index contributed by atoms with van der Waals surface area (Å²) in [7, 11) is 0. The van der Waals surface area contributed by atoms with Crippen molar-refractivity contribution in [2.24, 2.45) is 11.5 Å². The number of aliphatic hydroxyl groups excluding tert-OH is 1. The Morgan fingerprint density at radius 2 is 2.10 bits per heavy atom. The number of aromatic amines is 1. The van der Waals surface area contributed by atoms with Crippen molar-refractivity contribution in [3.63, 3.8) is 0 Å². The molecule has 7 N–H and O–H groups in total. The molecule has 0 aliphatic carbocycles. The van der Waals surface area contributed by atoms with Gasteiger partial charge in [-0.05, 0) is 25.0 Å². The Morgan fingerprint density at radius 3 is 2.65 bits per heavy atom. The molecular formula is C13H16N4O3. The molecule has 0 fully saturated rings. The number of carbonyl (C=O) groups is 2. The molecule has 0 bridgehead atoms. The van der Waals surface area contributed by atoms with Gasteiger partial charge >= 0.3 is 6.03 Å². The zero-order valence-electron chi connectivity index (χ0n) is 10.9. The third kappa shape index (κ3) is 2.72. The number of nitrogens with one attached hydrogen (secondary N) is 2. The standard InChI is InChI=1S/C13H16N4O3/c1-6(18)4-7-2-3-8-9(5-7)16-12(17-13(15)20)10(8)11(14)19/h2-3,5-6,16,18H,4H2,1H3,(H2,14,19)(H3,15,17,20). The molecule has 0 saturated carbocycles. The van der Waals surface area contributed by atoms with E-state index >= 15 is 0 Å². The van der Waals surface area contributed by atoms with E-state index in [0.29, 0.717) is 17.3 Å². The van der Waals surface area contributed by atoms with E-state index in [9.17, 15) is 14.7 Å². The van der Waals surface area contributed by atoms with Crippen molar-refractivity contribution < 1.29 is 14.7 Å². The fourth-order valence-electron chi connectivity index (χ4n) is 2.19. The number of benzene rings is 1. The number of urea groups is 1. The SMILES string of the molecule is CC(O)Cc1ccc2c(C(N)=O)c(NC(N)=O)[nH]c2c1. The van der Waals surface area contributed by atoms with Crippen LogP contribution >= 0.6 is 0 Å². The van der Waals surface area contributed by atoms with Crippen LogP contribution in [-0.2, 0) is 6.42 Å². The summed E-state index contributed by atoms with van der Waals surface area (Å²) in [5.41, 5.74) is 12.1. The van der Waals surface area contributed by atoms with Crippen molar-refractivity contribution in [1.29, 1.82) is 0 Å². The molecule has 0 aliphatic heterocycles. The number of nitrogens with two attached hydrogens (primary N) is 2. The van der Waals surface area contributed by atoms with Crippen molar-refractivity contribution in [3.8, 4) is 0 Å². The number of anilines is 1. The zero-order chi connectivity index (χ0) is 14.9. The molecule has 0 spiro atoms. The lowest BCUT2D eigenvalue weighted by atomic mass is 10.1. The van der Waals surface area contributed by atoms with Crippen LogP contribution in [0.5, 0.6) is 0 Å². The Bertz CT molecular complexity index is 676. The largest absolute Gasteiger partial charge is 0.393 e. The summed E-state index contributed by atoms with van der Waals surface area (Å²) in [5.74, 6) is -0.488. The van der Waals surface area contributed by atoms with Crippen molar-refractivity contribution in [3.05, 3.63) is 29.3 Å². The van der Waals surface area contributed by atoms with Crippen LogP contribution in [0, 0.1) is 0 Å². The number of hydrogen-bond donors (Lipinski definition) is 5. The van der Waals surface area contributed by atoms with Crippen LogP contribution in [0.3, 0.4) is 0 Å². The second-order valence-corrected chi connectivity index (χ2v) is 4.66. The molecule has 7 heteroatoms.